The van der Waals surface area contributed by atoms with Crippen molar-refractivity contribution in [2.24, 2.45) is 0 Å². The molecule has 0 aliphatic carbocycles. The average Bonchev–Trinajstić information content (AvgIpc) is 2.63. The molecule has 0 bridgehead atoms. The molecule has 0 unspecified atom stereocenters. The van der Waals surface area contributed by atoms with E-state index >= 15 is 0 Å². The number of hydrogen-bond acceptors (Lipinski definition) is 2. The topological polar surface area (TPSA) is 21.3 Å². The first-order chi connectivity index (χ1) is 10.7. The van der Waals surface area contributed by atoms with Crippen LogP contribution in [0.4, 0.5) is 0 Å². The van der Waals surface area contributed by atoms with Crippen molar-refractivity contribution < 1.29 is 4.43 Å². The van der Waals surface area contributed by atoms with Gasteiger partial charge in [0.05, 0.1) is 0 Å². The van der Waals surface area contributed by atoms with Crippen molar-refractivity contribution in [1.82, 2.24) is 5.32 Å². The first-order valence-electron chi connectivity index (χ1n) is 9.13. The molecular weight excluding hydrogens is 298 g/mol. The molecule has 1 aliphatic heterocycles. The molecule has 3 heteroatoms. The minimum Gasteiger partial charge on any atom is -0.417 e. The zero-order chi connectivity index (χ0) is 17.1. The van der Waals surface area contributed by atoms with Gasteiger partial charge in [-0.25, -0.2) is 0 Å². The van der Waals surface area contributed by atoms with Crippen LogP contribution in [0.1, 0.15) is 58.1 Å². The van der Waals surface area contributed by atoms with Gasteiger partial charge in [0.15, 0.2) is 8.32 Å². The van der Waals surface area contributed by atoms with Crippen LogP contribution in [0.15, 0.2) is 24.3 Å². The summed E-state index contributed by atoms with van der Waals surface area (Å²) >= 11 is 0. The Morgan fingerprint density at radius 1 is 1.22 bits per heavy atom. The van der Waals surface area contributed by atoms with Crippen LogP contribution in [-0.4, -0.2) is 21.5 Å². The van der Waals surface area contributed by atoms with E-state index in [0.717, 1.165) is 26.0 Å². The van der Waals surface area contributed by atoms with Crippen molar-refractivity contribution in [3.63, 3.8) is 0 Å². The lowest BCUT2D eigenvalue weighted by atomic mass is 9.84. The van der Waals surface area contributed by atoms with Crippen LogP contribution in [0.3, 0.4) is 0 Å². The molecule has 2 rings (SSSR count). The molecule has 0 radical (unpaired) electrons. The molecule has 1 N–H and O–H groups in total. The van der Waals surface area contributed by atoms with E-state index in [0.29, 0.717) is 5.04 Å². The number of benzene rings is 1. The van der Waals surface area contributed by atoms with Gasteiger partial charge in [0.2, 0.25) is 0 Å². The highest BCUT2D eigenvalue weighted by Gasteiger charge is 2.37. The molecule has 0 aromatic heterocycles. The Labute approximate surface area is 144 Å². The third-order valence-corrected chi connectivity index (χ3v) is 10.4. The van der Waals surface area contributed by atoms with Crippen LogP contribution in [0.2, 0.25) is 18.1 Å². The van der Waals surface area contributed by atoms with E-state index in [1.807, 2.05) is 0 Å². The van der Waals surface area contributed by atoms with Crippen molar-refractivity contribution in [3.8, 4) is 0 Å². The van der Waals surface area contributed by atoms with Crippen LogP contribution < -0.4 is 5.32 Å². The molecule has 0 amide bonds. The molecule has 0 saturated carbocycles. The first-order valence-corrected chi connectivity index (χ1v) is 12.0. The van der Waals surface area contributed by atoms with Gasteiger partial charge < -0.3 is 9.74 Å². The normalized spacial score (nSPS) is 22.5. The van der Waals surface area contributed by atoms with Crippen molar-refractivity contribution in [1.29, 1.82) is 0 Å². The fourth-order valence-electron chi connectivity index (χ4n) is 3.21. The van der Waals surface area contributed by atoms with Crippen LogP contribution in [0.5, 0.6) is 0 Å². The van der Waals surface area contributed by atoms with E-state index in [4.69, 9.17) is 4.43 Å². The van der Waals surface area contributed by atoms with E-state index in [1.165, 1.54) is 24.0 Å². The zero-order valence-corrected chi connectivity index (χ0v) is 17.0. The third-order valence-electron chi connectivity index (χ3n) is 5.84. The number of aryl methyl sites for hydroxylation is 1. The summed E-state index contributed by atoms with van der Waals surface area (Å²) in [6, 6.07) is 8.95. The summed E-state index contributed by atoms with van der Waals surface area (Å²) in [5.41, 5.74) is 3.10. The van der Waals surface area contributed by atoms with Gasteiger partial charge in [-0.05, 0) is 68.4 Å². The summed E-state index contributed by atoms with van der Waals surface area (Å²) in [5, 5.41) is 4.09. The maximum absolute atomic E-state index is 6.36. The second-order valence-corrected chi connectivity index (χ2v) is 13.5. The fourth-order valence-corrected chi connectivity index (χ4v) is 4.30. The summed E-state index contributed by atoms with van der Waals surface area (Å²) in [5.74, 6) is 0. The van der Waals surface area contributed by atoms with Crippen molar-refractivity contribution in [2.45, 2.75) is 77.0 Å². The highest BCUT2D eigenvalue weighted by Crippen LogP contribution is 2.37. The molecule has 1 aromatic rings. The number of rotatable bonds is 5. The molecule has 2 nitrogen and oxygen atoms in total. The zero-order valence-electron chi connectivity index (χ0n) is 16.0. The van der Waals surface area contributed by atoms with Crippen molar-refractivity contribution in [2.75, 3.05) is 13.2 Å². The molecule has 1 aromatic carbocycles. The van der Waals surface area contributed by atoms with Gasteiger partial charge in [-0.2, -0.15) is 0 Å². The maximum Gasteiger partial charge on any atom is 0.191 e. The standard InChI is InChI=1S/C20H35NOSi/c1-19(2,3)23(5,6)22-16-10-14-20(4)18-13-8-7-11-17(18)12-9-15-21-20/h7-8,11,13,21H,9-10,12,14-16H2,1-6H3/t20-/m0/s1. The van der Waals surface area contributed by atoms with E-state index < -0.39 is 8.32 Å². The first kappa shape index (κ1) is 18.7. The summed E-state index contributed by atoms with van der Waals surface area (Å²) in [4.78, 5) is 0. The minimum absolute atomic E-state index is 0.0872. The molecule has 23 heavy (non-hydrogen) atoms. The van der Waals surface area contributed by atoms with Gasteiger partial charge in [0.25, 0.3) is 0 Å². The van der Waals surface area contributed by atoms with Gasteiger partial charge in [0.1, 0.15) is 0 Å². The molecule has 0 fully saturated rings. The number of hydrogen-bond donors (Lipinski definition) is 1. The molecule has 1 aliphatic rings. The van der Waals surface area contributed by atoms with Crippen LogP contribution in [-0.2, 0) is 16.4 Å². The third kappa shape index (κ3) is 4.46. The average molecular weight is 334 g/mol. The molecule has 0 saturated heterocycles. The van der Waals surface area contributed by atoms with Crippen molar-refractivity contribution >= 4 is 8.32 Å². The lowest BCUT2D eigenvalue weighted by Crippen LogP contribution is -2.42. The van der Waals surface area contributed by atoms with Gasteiger partial charge in [-0.1, -0.05) is 45.0 Å². The smallest absolute Gasteiger partial charge is 0.191 e. The molecule has 1 heterocycles. The van der Waals surface area contributed by atoms with Gasteiger partial charge in [-0.15, -0.1) is 0 Å². The largest absolute Gasteiger partial charge is 0.417 e. The predicted molar refractivity (Wildman–Crippen MR) is 103 cm³/mol. The van der Waals surface area contributed by atoms with Crippen LogP contribution >= 0.6 is 0 Å². The second kappa shape index (κ2) is 7.08. The fraction of sp³-hybridized carbons (Fsp3) is 0.700. The SMILES string of the molecule is CC(C)(C)[Si](C)(C)OCCC[C@]1(C)NCCCc2ccccc21. The Balaban J connectivity index is 1.97. The Hall–Kier alpha value is -0.643. The predicted octanol–water partition coefficient (Wildman–Crippen LogP) is 5.24. The monoisotopic (exact) mass is 333 g/mol. The molecular formula is C20H35NOSi. The Bertz CT molecular complexity index is 521. The summed E-state index contributed by atoms with van der Waals surface area (Å²) in [6.07, 6.45) is 4.68. The minimum atomic E-state index is -1.62. The van der Waals surface area contributed by atoms with Crippen LogP contribution in [0, 0.1) is 0 Å². The lowest BCUT2D eigenvalue weighted by Gasteiger charge is -2.37. The molecule has 1 atom stereocenters. The van der Waals surface area contributed by atoms with Gasteiger partial charge in [0, 0.05) is 12.1 Å². The number of nitrogens with one attached hydrogen (secondary N) is 1. The maximum atomic E-state index is 6.36. The molecule has 130 valence electrons. The highest BCUT2D eigenvalue weighted by atomic mass is 28.4. The van der Waals surface area contributed by atoms with Gasteiger partial charge >= 0.3 is 0 Å². The highest BCUT2D eigenvalue weighted by molar-refractivity contribution is 6.74. The Morgan fingerprint density at radius 2 is 1.91 bits per heavy atom. The van der Waals surface area contributed by atoms with E-state index in [2.05, 4.69) is 70.4 Å². The lowest BCUT2D eigenvalue weighted by molar-refractivity contribution is 0.248. The Kier molecular flexibility index (Phi) is 5.75. The van der Waals surface area contributed by atoms with E-state index in [9.17, 15) is 0 Å². The molecule has 0 spiro atoms. The summed E-state index contributed by atoms with van der Waals surface area (Å²) in [7, 11) is -1.62. The van der Waals surface area contributed by atoms with Crippen molar-refractivity contribution in [3.05, 3.63) is 35.4 Å². The summed E-state index contributed by atoms with van der Waals surface area (Å²) < 4.78 is 6.36. The number of fused-ring (bicyclic) bond motifs is 1. The van der Waals surface area contributed by atoms with E-state index in [1.54, 1.807) is 0 Å². The van der Waals surface area contributed by atoms with Crippen LogP contribution in [0.25, 0.3) is 0 Å². The second-order valence-electron chi connectivity index (χ2n) is 8.73. The Morgan fingerprint density at radius 3 is 2.61 bits per heavy atom. The van der Waals surface area contributed by atoms with Gasteiger partial charge in [-0.3, -0.25) is 0 Å². The quantitative estimate of drug-likeness (QED) is 0.588. The summed E-state index contributed by atoms with van der Waals surface area (Å²) in [6.45, 7) is 16.0. The van der Waals surface area contributed by atoms with E-state index in [-0.39, 0.29) is 5.54 Å².